The van der Waals surface area contributed by atoms with Gasteiger partial charge in [-0.25, -0.2) is 9.59 Å². The highest BCUT2D eigenvalue weighted by molar-refractivity contribution is 6.00. The number of amides is 2. The number of carboxylic acids is 1. The van der Waals surface area contributed by atoms with Crippen molar-refractivity contribution in [2.24, 2.45) is 5.41 Å². The van der Waals surface area contributed by atoms with Crippen molar-refractivity contribution in [1.29, 1.82) is 0 Å². The number of ether oxygens (including phenoxy) is 2. The van der Waals surface area contributed by atoms with Crippen LogP contribution in [-0.2, 0) is 46.6 Å². The maximum Gasteiger partial charge on any atom is 0.568 e. The number of imide groups is 1. The van der Waals surface area contributed by atoms with E-state index in [9.17, 15) is 29.1 Å². The topological polar surface area (TPSA) is 133 Å². The maximum atomic E-state index is 13.8. The van der Waals surface area contributed by atoms with Gasteiger partial charge in [0.1, 0.15) is 12.2 Å². The van der Waals surface area contributed by atoms with E-state index in [2.05, 4.69) is 0 Å². The Kier molecular flexibility index (Phi) is 10.5. The lowest BCUT2D eigenvalue weighted by atomic mass is 9.82. The molecule has 0 spiro atoms. The first-order valence-corrected chi connectivity index (χ1v) is 12.7. The maximum absolute atomic E-state index is 13.8. The molecule has 0 aliphatic rings. The molecule has 2 aromatic rings. The summed E-state index contributed by atoms with van der Waals surface area (Å²) in [6.07, 6.45) is -2.54. The summed E-state index contributed by atoms with van der Waals surface area (Å²) in [5, 5.41) is 9.89. The lowest BCUT2D eigenvalue weighted by Gasteiger charge is -2.33. The standard InChI is InChI=1S/C29H35NO9/c1-6-29(7-2,25(33)34)26(35)39-30(27(36)38-28(3,4)5,19-21-14-10-8-11-15-21)23(31)18-24(32)37-20-22-16-12-9-13-17-22/h8-17H,6-7,18-20H2,1-5H3/p+1. The van der Waals surface area contributed by atoms with Gasteiger partial charge in [-0.05, 0) is 39.2 Å². The number of hydrogen-bond donors (Lipinski definition) is 1. The second-order valence-corrected chi connectivity index (χ2v) is 10.1. The average molecular weight is 543 g/mol. The molecule has 2 aromatic carbocycles. The zero-order valence-corrected chi connectivity index (χ0v) is 23.0. The zero-order valence-electron chi connectivity index (χ0n) is 23.0. The van der Waals surface area contributed by atoms with E-state index in [1.165, 1.54) is 13.8 Å². The summed E-state index contributed by atoms with van der Waals surface area (Å²) in [4.78, 5) is 71.3. The number of hydroxylamine groups is 3. The molecule has 10 heteroatoms. The van der Waals surface area contributed by atoms with Gasteiger partial charge in [-0.2, -0.15) is 4.79 Å². The smallest absolute Gasteiger partial charge is 0.480 e. The van der Waals surface area contributed by atoms with Crippen molar-refractivity contribution >= 4 is 29.9 Å². The summed E-state index contributed by atoms with van der Waals surface area (Å²) in [6.45, 7) is 7.00. The first-order chi connectivity index (χ1) is 18.3. The van der Waals surface area contributed by atoms with Crippen LogP contribution in [0.25, 0.3) is 0 Å². The highest BCUT2D eigenvalue weighted by Gasteiger charge is 2.58. The van der Waals surface area contributed by atoms with E-state index >= 15 is 0 Å². The molecule has 2 rings (SSSR count). The summed E-state index contributed by atoms with van der Waals surface area (Å²) in [5.41, 5.74) is -2.07. The van der Waals surface area contributed by atoms with Crippen molar-refractivity contribution in [1.82, 2.24) is 0 Å². The highest BCUT2D eigenvalue weighted by atomic mass is 16.8. The van der Waals surface area contributed by atoms with E-state index in [4.69, 9.17) is 14.3 Å². The Morgan fingerprint density at radius 2 is 1.33 bits per heavy atom. The van der Waals surface area contributed by atoms with Gasteiger partial charge < -0.3 is 14.6 Å². The van der Waals surface area contributed by atoms with Gasteiger partial charge in [0.2, 0.25) is 0 Å². The minimum atomic E-state index is -2.03. The summed E-state index contributed by atoms with van der Waals surface area (Å²) < 4.78 is 8.99. The fourth-order valence-electron chi connectivity index (χ4n) is 3.75. The number of esters is 1. The van der Waals surface area contributed by atoms with E-state index in [0.717, 1.165) is 0 Å². The molecule has 0 saturated heterocycles. The molecule has 0 fully saturated rings. The number of carboxylic acid groups (broad SMARTS) is 1. The largest absolute Gasteiger partial charge is 0.568 e. The van der Waals surface area contributed by atoms with Crippen molar-refractivity contribution in [2.45, 2.75) is 72.6 Å². The van der Waals surface area contributed by atoms with Crippen LogP contribution >= 0.6 is 0 Å². The monoisotopic (exact) mass is 542 g/mol. The van der Waals surface area contributed by atoms with E-state index in [0.29, 0.717) is 11.1 Å². The molecule has 0 radical (unpaired) electrons. The molecule has 39 heavy (non-hydrogen) atoms. The molecular weight excluding hydrogens is 506 g/mol. The number of carbonyl (C=O) groups excluding carboxylic acids is 4. The number of benzene rings is 2. The van der Waals surface area contributed by atoms with Gasteiger partial charge in [0.15, 0.2) is 18.4 Å². The molecule has 0 aliphatic carbocycles. The summed E-state index contributed by atoms with van der Waals surface area (Å²) >= 11 is 0. The lowest BCUT2D eigenvalue weighted by Crippen LogP contribution is -2.61. The molecule has 1 N–H and O–H groups in total. The van der Waals surface area contributed by atoms with Gasteiger partial charge >= 0.3 is 29.9 Å². The molecule has 2 amide bonds. The highest BCUT2D eigenvalue weighted by Crippen LogP contribution is 2.33. The Hall–Kier alpha value is -4.05. The van der Waals surface area contributed by atoms with Crippen molar-refractivity contribution in [3.8, 4) is 0 Å². The fraction of sp³-hybridized carbons (Fsp3) is 0.414. The number of rotatable bonds is 10. The predicted octanol–water partition coefficient (Wildman–Crippen LogP) is 4.95. The Bertz CT molecular complexity index is 1170. The van der Waals surface area contributed by atoms with Crippen LogP contribution < -0.4 is 0 Å². The van der Waals surface area contributed by atoms with Crippen molar-refractivity contribution in [3.63, 3.8) is 0 Å². The molecule has 1 unspecified atom stereocenters. The van der Waals surface area contributed by atoms with Crippen molar-refractivity contribution in [3.05, 3.63) is 71.8 Å². The van der Waals surface area contributed by atoms with Gasteiger partial charge in [0.05, 0.1) is 0 Å². The number of hydrogen-bond acceptors (Lipinski definition) is 8. The van der Waals surface area contributed by atoms with Gasteiger partial charge in [-0.1, -0.05) is 74.5 Å². The van der Waals surface area contributed by atoms with Crippen LogP contribution in [0, 0.1) is 5.41 Å². The molecule has 0 heterocycles. The van der Waals surface area contributed by atoms with Crippen LogP contribution in [0.3, 0.4) is 0 Å². The van der Waals surface area contributed by atoms with E-state index < -0.39 is 58.5 Å². The van der Waals surface area contributed by atoms with Crippen LogP contribution in [0.4, 0.5) is 4.79 Å². The second kappa shape index (κ2) is 13.1. The van der Waals surface area contributed by atoms with Crippen LogP contribution in [-0.4, -0.2) is 45.3 Å². The number of carbonyl (C=O) groups is 5. The van der Waals surface area contributed by atoms with Gasteiger partial charge in [-0.3, -0.25) is 14.4 Å². The summed E-state index contributed by atoms with van der Waals surface area (Å²) in [5.74, 6) is -4.87. The van der Waals surface area contributed by atoms with Crippen molar-refractivity contribution in [2.75, 3.05) is 0 Å². The third-order valence-corrected chi connectivity index (χ3v) is 6.12. The van der Waals surface area contributed by atoms with Crippen LogP contribution in [0.2, 0.25) is 0 Å². The van der Waals surface area contributed by atoms with Crippen LogP contribution in [0.5, 0.6) is 0 Å². The van der Waals surface area contributed by atoms with Gasteiger partial charge in [-0.15, -0.1) is 0 Å². The second-order valence-electron chi connectivity index (χ2n) is 10.1. The number of quaternary nitrogens is 1. The van der Waals surface area contributed by atoms with E-state index in [1.807, 2.05) is 0 Å². The molecule has 0 aromatic heterocycles. The minimum absolute atomic E-state index is 0.119. The molecule has 0 saturated carbocycles. The molecular formula is C29H36NO9+. The molecule has 1 atom stereocenters. The van der Waals surface area contributed by atoms with Crippen LogP contribution in [0.1, 0.15) is 65.0 Å². The minimum Gasteiger partial charge on any atom is -0.480 e. The molecule has 10 nitrogen and oxygen atoms in total. The zero-order chi connectivity index (χ0) is 29.3. The van der Waals surface area contributed by atoms with Crippen molar-refractivity contribution < 1.29 is 48.0 Å². The SMILES string of the molecule is CCC(CC)(C(=O)O)C(=O)O[N+](Cc1ccccc1)(C(=O)CC(=O)OCc1ccccc1)C(=O)OC(C)(C)C. The first-order valence-electron chi connectivity index (χ1n) is 12.7. The number of nitrogens with zero attached hydrogens (tertiary/aromatic N) is 1. The molecule has 210 valence electrons. The predicted molar refractivity (Wildman–Crippen MR) is 139 cm³/mol. The lowest BCUT2D eigenvalue weighted by molar-refractivity contribution is -0.977. The summed E-state index contributed by atoms with van der Waals surface area (Å²) in [7, 11) is 0. The quantitative estimate of drug-likeness (QED) is 0.192. The van der Waals surface area contributed by atoms with Gasteiger partial charge in [0.25, 0.3) is 0 Å². The fourth-order valence-corrected chi connectivity index (χ4v) is 3.75. The molecule has 0 aliphatic heterocycles. The number of aliphatic carboxylic acids is 1. The van der Waals surface area contributed by atoms with Gasteiger partial charge in [0, 0.05) is 10.2 Å². The Labute approximate surface area is 228 Å². The first kappa shape index (κ1) is 31.2. The van der Waals surface area contributed by atoms with E-state index in [1.54, 1.807) is 81.4 Å². The third-order valence-electron chi connectivity index (χ3n) is 6.12. The summed E-state index contributed by atoms with van der Waals surface area (Å²) in [6, 6.07) is 17.0. The van der Waals surface area contributed by atoms with E-state index in [-0.39, 0.29) is 19.4 Å². The average Bonchev–Trinajstić information content (AvgIpc) is 2.88. The normalized spacial score (nSPS) is 13.1. The molecule has 0 bridgehead atoms. The third kappa shape index (κ3) is 7.97. The van der Waals surface area contributed by atoms with Crippen LogP contribution in [0.15, 0.2) is 60.7 Å². The Morgan fingerprint density at radius 3 is 1.79 bits per heavy atom. The Morgan fingerprint density at radius 1 is 0.821 bits per heavy atom. The Balaban J connectivity index is 2.54.